The minimum atomic E-state index is -0.267. The molecule has 0 amide bonds. The predicted molar refractivity (Wildman–Crippen MR) is 87.4 cm³/mol. The molecule has 0 spiro atoms. The molecule has 4 rings (SSSR count). The molecule has 1 aromatic carbocycles. The minimum absolute atomic E-state index is 0.0592. The second kappa shape index (κ2) is 5.19. The molecule has 1 aromatic rings. The number of rotatable bonds is 1. The van der Waals surface area contributed by atoms with Gasteiger partial charge in [0.25, 0.3) is 0 Å². The molecule has 0 N–H and O–H groups in total. The largest absolute Gasteiger partial charge is 0.427 e. The van der Waals surface area contributed by atoms with Gasteiger partial charge in [-0.15, -0.1) is 0 Å². The molecule has 23 heavy (non-hydrogen) atoms. The zero-order valence-electron chi connectivity index (χ0n) is 13.9. The van der Waals surface area contributed by atoms with Crippen molar-refractivity contribution in [1.82, 2.24) is 0 Å². The standard InChI is InChI=1S/C20H24O3/c1-12(21)23-14-4-6-15-13(11-14)3-5-17-16(15)9-10-20(2)18(17)7-8-19(20)22/h4,6,11,16-18H,3,5,7-10H2,1-2H3/t16?,17?,18?,20-/m0/s1. The van der Waals surface area contributed by atoms with Crippen LogP contribution in [0.4, 0.5) is 0 Å². The van der Waals surface area contributed by atoms with E-state index in [0.29, 0.717) is 29.3 Å². The third kappa shape index (κ3) is 2.24. The molecule has 4 atom stereocenters. The Morgan fingerprint density at radius 2 is 2.04 bits per heavy atom. The highest BCUT2D eigenvalue weighted by Crippen LogP contribution is 2.59. The Hall–Kier alpha value is -1.64. The molecule has 3 heteroatoms. The summed E-state index contributed by atoms with van der Waals surface area (Å²) in [6, 6.07) is 6.13. The number of fused-ring (bicyclic) bond motifs is 5. The summed E-state index contributed by atoms with van der Waals surface area (Å²) in [5, 5.41) is 0. The summed E-state index contributed by atoms with van der Waals surface area (Å²) in [4.78, 5) is 23.5. The van der Waals surface area contributed by atoms with Crippen molar-refractivity contribution in [3.8, 4) is 5.75 Å². The fourth-order valence-corrected chi connectivity index (χ4v) is 5.56. The van der Waals surface area contributed by atoms with Crippen molar-refractivity contribution in [1.29, 1.82) is 0 Å². The van der Waals surface area contributed by atoms with Crippen molar-refractivity contribution in [3.63, 3.8) is 0 Å². The quantitative estimate of drug-likeness (QED) is 0.580. The maximum atomic E-state index is 12.3. The van der Waals surface area contributed by atoms with Gasteiger partial charge in [0.15, 0.2) is 0 Å². The third-order valence-corrected chi connectivity index (χ3v) is 6.67. The molecule has 0 aliphatic heterocycles. The number of carbonyl (C=O) groups excluding carboxylic acids is 2. The molecule has 0 saturated heterocycles. The van der Waals surface area contributed by atoms with Crippen molar-refractivity contribution in [2.45, 2.75) is 58.3 Å². The van der Waals surface area contributed by atoms with Gasteiger partial charge in [-0.1, -0.05) is 13.0 Å². The molecule has 3 unspecified atom stereocenters. The number of hydrogen-bond donors (Lipinski definition) is 0. The van der Waals surface area contributed by atoms with E-state index in [0.717, 1.165) is 38.5 Å². The summed E-state index contributed by atoms with van der Waals surface area (Å²) in [5.41, 5.74) is 2.70. The smallest absolute Gasteiger partial charge is 0.308 e. The fourth-order valence-electron chi connectivity index (χ4n) is 5.56. The van der Waals surface area contributed by atoms with Crippen LogP contribution in [0.3, 0.4) is 0 Å². The van der Waals surface area contributed by atoms with E-state index < -0.39 is 0 Å². The molecule has 2 saturated carbocycles. The van der Waals surface area contributed by atoms with Gasteiger partial charge in [-0.25, -0.2) is 0 Å². The highest BCUT2D eigenvalue weighted by Gasteiger charge is 2.54. The number of ether oxygens (including phenoxy) is 1. The van der Waals surface area contributed by atoms with Crippen LogP contribution in [0.25, 0.3) is 0 Å². The SMILES string of the molecule is CC(=O)Oc1ccc2c(c1)CCC1C2CC[C@]2(C)C(=O)CCC12. The molecule has 3 nitrogen and oxygen atoms in total. The minimum Gasteiger partial charge on any atom is -0.427 e. The molecular formula is C20H24O3. The van der Waals surface area contributed by atoms with Gasteiger partial charge in [0, 0.05) is 18.8 Å². The van der Waals surface area contributed by atoms with Crippen LogP contribution in [-0.4, -0.2) is 11.8 Å². The normalized spacial score (nSPS) is 35.2. The second-order valence-corrected chi connectivity index (χ2v) is 7.79. The third-order valence-electron chi connectivity index (χ3n) is 6.67. The number of hydrogen-bond acceptors (Lipinski definition) is 3. The van der Waals surface area contributed by atoms with Gasteiger partial charge in [-0.05, 0) is 73.1 Å². The van der Waals surface area contributed by atoms with E-state index in [1.165, 1.54) is 18.1 Å². The maximum Gasteiger partial charge on any atom is 0.308 e. The molecule has 0 aromatic heterocycles. The van der Waals surface area contributed by atoms with Crippen LogP contribution >= 0.6 is 0 Å². The molecule has 2 fully saturated rings. The zero-order valence-corrected chi connectivity index (χ0v) is 13.9. The van der Waals surface area contributed by atoms with Crippen molar-refractivity contribution in [2.24, 2.45) is 17.3 Å². The van der Waals surface area contributed by atoms with Crippen molar-refractivity contribution in [3.05, 3.63) is 29.3 Å². The van der Waals surface area contributed by atoms with Crippen molar-refractivity contribution in [2.75, 3.05) is 0 Å². The van der Waals surface area contributed by atoms with E-state index in [1.54, 1.807) is 0 Å². The van der Waals surface area contributed by atoms with Gasteiger partial charge < -0.3 is 4.74 Å². The van der Waals surface area contributed by atoms with Crippen LogP contribution in [0.2, 0.25) is 0 Å². The lowest BCUT2D eigenvalue weighted by molar-refractivity contribution is -0.132. The van der Waals surface area contributed by atoms with Gasteiger partial charge in [0.05, 0.1) is 0 Å². The lowest BCUT2D eigenvalue weighted by atomic mass is 9.55. The summed E-state index contributed by atoms with van der Waals surface area (Å²) < 4.78 is 5.23. The summed E-state index contributed by atoms with van der Waals surface area (Å²) in [5.74, 6) is 2.68. The first-order valence-corrected chi connectivity index (χ1v) is 8.83. The van der Waals surface area contributed by atoms with Crippen LogP contribution in [0, 0.1) is 17.3 Å². The number of ketones is 1. The first-order valence-electron chi connectivity index (χ1n) is 8.83. The maximum absolute atomic E-state index is 12.3. The Bertz CT molecular complexity index is 677. The van der Waals surface area contributed by atoms with Gasteiger partial charge in [0.1, 0.15) is 11.5 Å². The van der Waals surface area contributed by atoms with Crippen LogP contribution in [0.15, 0.2) is 18.2 Å². The topological polar surface area (TPSA) is 43.4 Å². The van der Waals surface area contributed by atoms with Gasteiger partial charge in [-0.2, -0.15) is 0 Å². The van der Waals surface area contributed by atoms with E-state index in [-0.39, 0.29) is 11.4 Å². The average Bonchev–Trinajstić information content (AvgIpc) is 2.82. The lowest BCUT2D eigenvalue weighted by Crippen LogP contribution is -2.42. The first kappa shape index (κ1) is 14.9. The predicted octanol–water partition coefficient (Wildman–Crippen LogP) is 4.04. The molecular weight excluding hydrogens is 288 g/mol. The summed E-state index contributed by atoms with van der Waals surface area (Å²) in [7, 11) is 0. The van der Waals surface area contributed by atoms with E-state index in [1.807, 2.05) is 12.1 Å². The number of esters is 1. The monoisotopic (exact) mass is 312 g/mol. The molecule has 3 aliphatic carbocycles. The van der Waals surface area contributed by atoms with Crippen molar-refractivity contribution < 1.29 is 14.3 Å². The Kier molecular flexibility index (Phi) is 3.36. The van der Waals surface area contributed by atoms with Crippen LogP contribution in [0.5, 0.6) is 5.75 Å². The number of Topliss-reactive ketones (excluding diaryl/α,β-unsaturated/α-hetero) is 1. The Morgan fingerprint density at radius 3 is 2.83 bits per heavy atom. The van der Waals surface area contributed by atoms with Gasteiger partial charge in [-0.3, -0.25) is 9.59 Å². The molecule has 0 bridgehead atoms. The van der Waals surface area contributed by atoms with E-state index >= 15 is 0 Å². The summed E-state index contributed by atoms with van der Waals surface area (Å²) in [6.07, 6.45) is 6.20. The Balaban J connectivity index is 1.65. The molecule has 0 radical (unpaired) electrons. The fraction of sp³-hybridized carbons (Fsp3) is 0.600. The Morgan fingerprint density at radius 1 is 1.22 bits per heavy atom. The lowest BCUT2D eigenvalue weighted by Gasteiger charge is -2.48. The van der Waals surface area contributed by atoms with Crippen LogP contribution in [0.1, 0.15) is 63.0 Å². The number of benzene rings is 1. The van der Waals surface area contributed by atoms with E-state index in [2.05, 4.69) is 13.0 Å². The highest BCUT2D eigenvalue weighted by atomic mass is 16.5. The van der Waals surface area contributed by atoms with Crippen LogP contribution < -0.4 is 4.74 Å². The average molecular weight is 312 g/mol. The number of aryl methyl sites for hydroxylation is 1. The second-order valence-electron chi connectivity index (χ2n) is 7.79. The Labute approximate surface area is 137 Å². The first-order chi connectivity index (χ1) is 11.0. The molecule has 0 heterocycles. The zero-order chi connectivity index (χ0) is 16.2. The highest BCUT2D eigenvalue weighted by molar-refractivity contribution is 5.87. The van der Waals surface area contributed by atoms with Crippen molar-refractivity contribution >= 4 is 11.8 Å². The summed E-state index contributed by atoms with van der Waals surface area (Å²) >= 11 is 0. The number of carbonyl (C=O) groups is 2. The van der Waals surface area contributed by atoms with Gasteiger partial charge >= 0.3 is 5.97 Å². The van der Waals surface area contributed by atoms with E-state index in [9.17, 15) is 9.59 Å². The van der Waals surface area contributed by atoms with E-state index in [4.69, 9.17) is 4.74 Å². The van der Waals surface area contributed by atoms with Crippen LogP contribution in [-0.2, 0) is 16.0 Å². The summed E-state index contributed by atoms with van der Waals surface area (Å²) in [6.45, 7) is 3.65. The van der Waals surface area contributed by atoms with Gasteiger partial charge in [0.2, 0.25) is 0 Å². The molecule has 122 valence electrons. The molecule has 3 aliphatic rings.